The molecule has 2 fully saturated rings. The van der Waals surface area contributed by atoms with Gasteiger partial charge in [0, 0.05) is 39.3 Å². The molecule has 2 heterocycles. The fraction of sp³-hybridized carbons (Fsp3) is 0.857. The van der Waals surface area contributed by atoms with Gasteiger partial charge in [-0.1, -0.05) is 12.5 Å². The Kier molecular flexibility index (Phi) is 5.49. The third-order valence-corrected chi connectivity index (χ3v) is 3.92. The van der Waals surface area contributed by atoms with Crippen molar-refractivity contribution in [3.8, 4) is 0 Å². The summed E-state index contributed by atoms with van der Waals surface area (Å²) in [5.74, 6) is 0. The molecule has 1 N–H and O–H groups in total. The number of rotatable bonds is 4. The van der Waals surface area contributed by atoms with Crippen molar-refractivity contribution in [3.05, 3.63) is 11.6 Å². The molecule has 3 nitrogen and oxygen atoms in total. The minimum atomic E-state index is 1.15. The Morgan fingerprint density at radius 1 is 0.941 bits per heavy atom. The third-order valence-electron chi connectivity index (χ3n) is 3.92. The van der Waals surface area contributed by atoms with Gasteiger partial charge >= 0.3 is 0 Å². The van der Waals surface area contributed by atoms with Gasteiger partial charge in [0.25, 0.3) is 0 Å². The summed E-state index contributed by atoms with van der Waals surface area (Å²) in [6.45, 7) is 11.9. The van der Waals surface area contributed by atoms with Crippen LogP contribution in [0.2, 0.25) is 0 Å². The minimum absolute atomic E-state index is 1.15. The second-order valence-electron chi connectivity index (χ2n) is 5.31. The van der Waals surface area contributed by atoms with Crippen molar-refractivity contribution in [1.82, 2.24) is 15.1 Å². The maximum absolute atomic E-state index is 3.42. The highest BCUT2D eigenvalue weighted by molar-refractivity contribution is 5.06. The zero-order valence-electron chi connectivity index (χ0n) is 11.2. The monoisotopic (exact) mass is 237 g/mol. The Morgan fingerprint density at radius 2 is 1.53 bits per heavy atom. The highest BCUT2D eigenvalue weighted by Crippen LogP contribution is 2.11. The molecule has 98 valence electrons. The number of hydrogen-bond donors (Lipinski definition) is 1. The first kappa shape index (κ1) is 13.1. The van der Waals surface area contributed by atoms with Gasteiger partial charge in [-0.15, -0.1) is 0 Å². The molecule has 0 aromatic heterocycles. The molecule has 0 radical (unpaired) electrons. The molecule has 0 spiro atoms. The van der Waals surface area contributed by atoms with Gasteiger partial charge in [0.15, 0.2) is 0 Å². The van der Waals surface area contributed by atoms with E-state index in [1.165, 1.54) is 58.5 Å². The Morgan fingerprint density at radius 3 is 2.12 bits per heavy atom. The third kappa shape index (κ3) is 4.41. The van der Waals surface area contributed by atoms with Gasteiger partial charge in [-0.2, -0.15) is 0 Å². The first-order valence-corrected chi connectivity index (χ1v) is 7.18. The fourth-order valence-corrected chi connectivity index (χ4v) is 2.79. The van der Waals surface area contributed by atoms with E-state index in [0.717, 1.165) is 13.1 Å². The maximum atomic E-state index is 3.42. The Labute approximate surface area is 106 Å². The lowest BCUT2D eigenvalue weighted by Gasteiger charge is -2.31. The van der Waals surface area contributed by atoms with Gasteiger partial charge < -0.3 is 5.32 Å². The summed E-state index contributed by atoms with van der Waals surface area (Å²) in [7, 11) is 0. The molecule has 0 atom stereocenters. The standard InChI is InChI=1S/C14H27N3/c1-2-14(12-16-8-4-3-5-9-16)13-17-10-6-15-7-11-17/h2,15H,3-13H2,1H3. The van der Waals surface area contributed by atoms with Gasteiger partial charge in [-0.3, -0.25) is 9.80 Å². The quantitative estimate of drug-likeness (QED) is 0.744. The average Bonchev–Trinajstić information content (AvgIpc) is 2.40. The number of nitrogens with zero attached hydrogens (tertiary/aromatic N) is 2. The first-order chi connectivity index (χ1) is 8.38. The molecule has 2 aliphatic rings. The Hall–Kier alpha value is -0.380. The van der Waals surface area contributed by atoms with Gasteiger partial charge in [-0.05, 0) is 38.4 Å². The molecule has 0 saturated carbocycles. The molecule has 2 rings (SSSR count). The van der Waals surface area contributed by atoms with Gasteiger partial charge in [0.2, 0.25) is 0 Å². The summed E-state index contributed by atoms with van der Waals surface area (Å²) >= 11 is 0. The van der Waals surface area contributed by atoms with Crippen molar-refractivity contribution < 1.29 is 0 Å². The number of piperidine rings is 1. The predicted octanol–water partition coefficient (Wildman–Crippen LogP) is 1.32. The van der Waals surface area contributed by atoms with E-state index in [1.54, 1.807) is 5.57 Å². The van der Waals surface area contributed by atoms with Crippen molar-refractivity contribution >= 4 is 0 Å². The first-order valence-electron chi connectivity index (χ1n) is 7.18. The van der Waals surface area contributed by atoms with Gasteiger partial charge in [0.1, 0.15) is 0 Å². The van der Waals surface area contributed by atoms with E-state index in [1.807, 2.05) is 0 Å². The smallest absolute Gasteiger partial charge is 0.0206 e. The van der Waals surface area contributed by atoms with Gasteiger partial charge in [0.05, 0.1) is 0 Å². The fourth-order valence-electron chi connectivity index (χ4n) is 2.79. The van der Waals surface area contributed by atoms with Crippen molar-refractivity contribution in [1.29, 1.82) is 0 Å². The van der Waals surface area contributed by atoms with Crippen molar-refractivity contribution in [2.24, 2.45) is 0 Å². The second kappa shape index (κ2) is 7.14. The van der Waals surface area contributed by atoms with Crippen LogP contribution >= 0.6 is 0 Å². The molecule has 0 aromatic carbocycles. The van der Waals surface area contributed by atoms with E-state index in [2.05, 4.69) is 28.1 Å². The van der Waals surface area contributed by atoms with E-state index < -0.39 is 0 Å². The van der Waals surface area contributed by atoms with Crippen LogP contribution in [0.5, 0.6) is 0 Å². The number of hydrogen-bond acceptors (Lipinski definition) is 3. The summed E-state index contributed by atoms with van der Waals surface area (Å²) in [5, 5.41) is 3.42. The Balaban J connectivity index is 1.75. The molecule has 2 saturated heterocycles. The molecule has 3 heteroatoms. The van der Waals surface area contributed by atoms with E-state index in [9.17, 15) is 0 Å². The number of piperazine rings is 1. The maximum Gasteiger partial charge on any atom is 0.0206 e. The molecule has 2 aliphatic heterocycles. The van der Waals surface area contributed by atoms with Crippen LogP contribution in [0.25, 0.3) is 0 Å². The molecule has 0 amide bonds. The summed E-state index contributed by atoms with van der Waals surface area (Å²) in [5.41, 5.74) is 1.61. The van der Waals surface area contributed by atoms with Crippen LogP contribution in [0, 0.1) is 0 Å². The Bertz CT molecular complexity index is 216. The van der Waals surface area contributed by atoms with Crippen LogP contribution in [0.1, 0.15) is 26.2 Å². The lowest BCUT2D eigenvalue weighted by atomic mass is 10.1. The second-order valence-corrected chi connectivity index (χ2v) is 5.31. The summed E-state index contributed by atoms with van der Waals surface area (Å²) in [6.07, 6.45) is 6.55. The average molecular weight is 237 g/mol. The van der Waals surface area contributed by atoms with Crippen LogP contribution in [0.4, 0.5) is 0 Å². The summed E-state index contributed by atoms with van der Waals surface area (Å²) < 4.78 is 0. The molecule has 0 aromatic rings. The lowest BCUT2D eigenvalue weighted by Crippen LogP contribution is -2.45. The van der Waals surface area contributed by atoms with Crippen molar-refractivity contribution in [3.63, 3.8) is 0 Å². The number of likely N-dealkylation sites (tertiary alicyclic amines) is 1. The number of allylic oxidation sites excluding steroid dienone is 1. The van der Waals surface area contributed by atoms with E-state index in [-0.39, 0.29) is 0 Å². The van der Waals surface area contributed by atoms with Crippen LogP contribution in [0.15, 0.2) is 11.6 Å². The van der Waals surface area contributed by atoms with E-state index >= 15 is 0 Å². The summed E-state index contributed by atoms with van der Waals surface area (Å²) in [4.78, 5) is 5.21. The molecule has 0 aliphatic carbocycles. The largest absolute Gasteiger partial charge is 0.314 e. The normalized spacial score (nSPS) is 25.1. The van der Waals surface area contributed by atoms with Crippen molar-refractivity contribution in [2.45, 2.75) is 26.2 Å². The van der Waals surface area contributed by atoms with Crippen LogP contribution in [0.3, 0.4) is 0 Å². The highest BCUT2D eigenvalue weighted by Gasteiger charge is 2.14. The van der Waals surface area contributed by atoms with Crippen LogP contribution in [-0.2, 0) is 0 Å². The minimum Gasteiger partial charge on any atom is -0.314 e. The zero-order valence-corrected chi connectivity index (χ0v) is 11.2. The van der Waals surface area contributed by atoms with E-state index in [4.69, 9.17) is 0 Å². The lowest BCUT2D eigenvalue weighted by molar-refractivity contribution is 0.223. The molecule has 0 unspecified atom stereocenters. The topological polar surface area (TPSA) is 18.5 Å². The molecule has 17 heavy (non-hydrogen) atoms. The molecular weight excluding hydrogens is 210 g/mol. The number of nitrogens with one attached hydrogen (secondary N) is 1. The summed E-state index contributed by atoms with van der Waals surface area (Å²) in [6, 6.07) is 0. The van der Waals surface area contributed by atoms with Crippen molar-refractivity contribution in [2.75, 3.05) is 52.4 Å². The highest BCUT2D eigenvalue weighted by atomic mass is 15.2. The van der Waals surface area contributed by atoms with Gasteiger partial charge in [-0.25, -0.2) is 0 Å². The molecule has 0 bridgehead atoms. The SMILES string of the molecule is CC=C(CN1CCCCC1)CN1CCNCC1. The molecular formula is C14H27N3. The predicted molar refractivity (Wildman–Crippen MR) is 73.4 cm³/mol. The van der Waals surface area contributed by atoms with Crippen LogP contribution < -0.4 is 5.32 Å². The van der Waals surface area contributed by atoms with Crippen LogP contribution in [-0.4, -0.2) is 62.2 Å². The van der Waals surface area contributed by atoms with E-state index in [0.29, 0.717) is 0 Å². The zero-order chi connectivity index (χ0) is 11.9.